The van der Waals surface area contributed by atoms with Crippen LogP contribution in [0.3, 0.4) is 0 Å². The molecule has 0 unspecified atom stereocenters. The van der Waals surface area contributed by atoms with Gasteiger partial charge in [0.2, 0.25) is 0 Å². The number of rotatable bonds is 3. The lowest BCUT2D eigenvalue weighted by Crippen LogP contribution is -2.12. The van der Waals surface area contributed by atoms with E-state index in [4.69, 9.17) is 16.3 Å². The van der Waals surface area contributed by atoms with Crippen LogP contribution in [0.15, 0.2) is 22.7 Å². The molecule has 1 fully saturated rings. The summed E-state index contributed by atoms with van der Waals surface area (Å²) in [5.41, 5.74) is 1.07. The summed E-state index contributed by atoms with van der Waals surface area (Å²) in [6.07, 6.45) is 5.29. The molecule has 0 aliphatic heterocycles. The Bertz CT molecular complexity index is 334. The van der Waals surface area contributed by atoms with Crippen LogP contribution in [0.5, 0.6) is 5.75 Å². The van der Waals surface area contributed by atoms with E-state index >= 15 is 0 Å². The summed E-state index contributed by atoms with van der Waals surface area (Å²) in [6.45, 7) is 0. The summed E-state index contributed by atoms with van der Waals surface area (Å²) in [4.78, 5) is 0. The molecule has 1 nitrogen and oxygen atoms in total. The highest BCUT2D eigenvalue weighted by Gasteiger charge is 2.19. The second kappa shape index (κ2) is 5.22. The van der Waals surface area contributed by atoms with Gasteiger partial charge in [0.25, 0.3) is 0 Å². The van der Waals surface area contributed by atoms with Gasteiger partial charge in [-0.1, -0.05) is 12.1 Å². The van der Waals surface area contributed by atoms with Crippen molar-refractivity contribution in [2.45, 2.75) is 37.7 Å². The molecule has 3 heteroatoms. The van der Waals surface area contributed by atoms with E-state index in [9.17, 15) is 0 Å². The summed E-state index contributed by atoms with van der Waals surface area (Å²) in [6, 6.07) is 6.01. The van der Waals surface area contributed by atoms with Crippen molar-refractivity contribution < 1.29 is 4.74 Å². The van der Waals surface area contributed by atoms with Crippen LogP contribution >= 0.6 is 27.5 Å². The van der Waals surface area contributed by atoms with Crippen molar-refractivity contribution in [2.75, 3.05) is 0 Å². The van der Waals surface area contributed by atoms with Crippen molar-refractivity contribution in [3.8, 4) is 5.75 Å². The van der Waals surface area contributed by atoms with Gasteiger partial charge in [-0.2, -0.15) is 0 Å². The van der Waals surface area contributed by atoms with Gasteiger partial charge in [0.1, 0.15) is 5.75 Å². The normalized spacial score (nSPS) is 16.9. The summed E-state index contributed by atoms with van der Waals surface area (Å²) in [7, 11) is 0. The predicted octanol–water partition coefficient (Wildman–Crippen LogP) is 4.51. The highest BCUT2D eigenvalue weighted by atomic mass is 79.9. The summed E-state index contributed by atoms with van der Waals surface area (Å²) < 4.78 is 7.00. The molecule has 82 valence electrons. The van der Waals surface area contributed by atoms with Crippen molar-refractivity contribution >= 4 is 27.5 Å². The quantitative estimate of drug-likeness (QED) is 0.744. The molecule has 0 spiro atoms. The maximum absolute atomic E-state index is 6.00. The Labute approximate surface area is 104 Å². The lowest BCUT2D eigenvalue weighted by Gasteiger charge is -2.17. The van der Waals surface area contributed by atoms with Gasteiger partial charge in [0, 0.05) is 5.56 Å². The molecule has 1 aliphatic rings. The smallest absolute Gasteiger partial charge is 0.138 e. The highest BCUT2D eigenvalue weighted by molar-refractivity contribution is 9.10. The van der Waals surface area contributed by atoms with Crippen molar-refractivity contribution in [1.29, 1.82) is 0 Å². The van der Waals surface area contributed by atoms with Gasteiger partial charge in [-0.25, -0.2) is 0 Å². The van der Waals surface area contributed by atoms with Gasteiger partial charge in [0.15, 0.2) is 0 Å². The number of para-hydroxylation sites is 1. The highest BCUT2D eigenvalue weighted by Crippen LogP contribution is 2.33. The number of alkyl halides is 1. The number of ether oxygens (including phenoxy) is 1. The first-order valence-electron chi connectivity index (χ1n) is 5.31. The Hall–Kier alpha value is -0.210. The molecule has 0 saturated heterocycles. The van der Waals surface area contributed by atoms with Crippen molar-refractivity contribution in [2.24, 2.45) is 0 Å². The van der Waals surface area contributed by atoms with Crippen LogP contribution in [-0.4, -0.2) is 6.10 Å². The molecule has 2 rings (SSSR count). The maximum Gasteiger partial charge on any atom is 0.138 e. The van der Waals surface area contributed by atoms with Crippen LogP contribution in [0.1, 0.15) is 31.2 Å². The zero-order chi connectivity index (χ0) is 10.7. The van der Waals surface area contributed by atoms with Crippen LogP contribution in [0.4, 0.5) is 0 Å². The molecule has 1 aromatic carbocycles. The van der Waals surface area contributed by atoms with E-state index in [0.717, 1.165) is 15.8 Å². The van der Waals surface area contributed by atoms with Gasteiger partial charge >= 0.3 is 0 Å². The van der Waals surface area contributed by atoms with E-state index < -0.39 is 0 Å². The number of hydrogen-bond donors (Lipinski definition) is 0. The van der Waals surface area contributed by atoms with Crippen LogP contribution in [0.25, 0.3) is 0 Å². The molecule has 15 heavy (non-hydrogen) atoms. The van der Waals surface area contributed by atoms with E-state index in [1.165, 1.54) is 25.7 Å². The van der Waals surface area contributed by atoms with Gasteiger partial charge in [-0.3, -0.25) is 0 Å². The molecule has 0 bridgehead atoms. The first-order chi connectivity index (χ1) is 7.31. The Morgan fingerprint density at radius 1 is 1.33 bits per heavy atom. The second-order valence-corrected chi connectivity index (χ2v) is 5.01. The number of benzene rings is 1. The first kappa shape index (κ1) is 11.3. The Morgan fingerprint density at radius 3 is 2.73 bits per heavy atom. The molecular weight excluding hydrogens is 275 g/mol. The standard InChI is InChI=1S/C12H14BrClO/c13-11-7-3-4-9(8-14)12(11)15-10-5-1-2-6-10/h3-4,7,10H,1-2,5-6,8H2. The fraction of sp³-hybridized carbons (Fsp3) is 0.500. The SMILES string of the molecule is ClCc1cccc(Br)c1OC1CCCC1. The van der Waals surface area contributed by atoms with Crippen LogP contribution in [-0.2, 0) is 5.88 Å². The minimum absolute atomic E-state index is 0.380. The summed E-state index contributed by atoms with van der Waals surface area (Å²) in [5, 5.41) is 0. The second-order valence-electron chi connectivity index (χ2n) is 3.89. The van der Waals surface area contributed by atoms with Crippen molar-refractivity contribution in [3.05, 3.63) is 28.2 Å². The topological polar surface area (TPSA) is 9.23 Å². The lowest BCUT2D eigenvalue weighted by atomic mass is 10.2. The molecule has 0 atom stereocenters. The van der Waals surface area contributed by atoms with Gasteiger partial charge in [-0.05, 0) is 47.7 Å². The number of hydrogen-bond acceptors (Lipinski definition) is 1. The molecule has 0 N–H and O–H groups in total. The monoisotopic (exact) mass is 288 g/mol. The summed E-state index contributed by atoms with van der Waals surface area (Å²) >= 11 is 9.40. The molecule has 1 aromatic rings. The third-order valence-electron chi connectivity index (χ3n) is 2.78. The maximum atomic E-state index is 6.00. The first-order valence-corrected chi connectivity index (χ1v) is 6.64. The molecule has 0 aromatic heterocycles. The van der Waals surface area contributed by atoms with Gasteiger partial charge in [0.05, 0.1) is 16.5 Å². The van der Waals surface area contributed by atoms with E-state index in [-0.39, 0.29) is 0 Å². The minimum atomic E-state index is 0.380. The van der Waals surface area contributed by atoms with Crippen LogP contribution < -0.4 is 4.74 Å². The van der Waals surface area contributed by atoms with Crippen LogP contribution in [0.2, 0.25) is 0 Å². The molecule has 0 radical (unpaired) electrons. The average Bonchev–Trinajstić information content (AvgIpc) is 2.74. The molecule has 0 amide bonds. The number of halogens is 2. The predicted molar refractivity (Wildman–Crippen MR) is 66.6 cm³/mol. The summed E-state index contributed by atoms with van der Waals surface area (Å²) in [5.74, 6) is 1.43. The van der Waals surface area contributed by atoms with Gasteiger partial charge < -0.3 is 4.74 Å². The molecular formula is C12H14BrClO. The third kappa shape index (κ3) is 2.67. The molecule has 0 heterocycles. The van der Waals surface area contributed by atoms with Crippen molar-refractivity contribution in [3.63, 3.8) is 0 Å². The van der Waals surface area contributed by atoms with E-state index in [1.807, 2.05) is 18.2 Å². The fourth-order valence-corrected chi connectivity index (χ4v) is 2.67. The fourth-order valence-electron chi connectivity index (χ4n) is 1.96. The Morgan fingerprint density at radius 2 is 2.07 bits per heavy atom. The largest absolute Gasteiger partial charge is 0.489 e. The van der Waals surface area contributed by atoms with E-state index in [2.05, 4.69) is 15.9 Å². The minimum Gasteiger partial charge on any atom is -0.489 e. The molecule has 1 aliphatic carbocycles. The third-order valence-corrected chi connectivity index (χ3v) is 3.69. The van der Waals surface area contributed by atoms with E-state index in [1.54, 1.807) is 0 Å². The Kier molecular flexibility index (Phi) is 3.92. The zero-order valence-corrected chi connectivity index (χ0v) is 10.9. The Balaban J connectivity index is 2.17. The van der Waals surface area contributed by atoms with E-state index in [0.29, 0.717) is 12.0 Å². The molecule has 1 saturated carbocycles. The lowest BCUT2D eigenvalue weighted by molar-refractivity contribution is 0.207. The van der Waals surface area contributed by atoms with Crippen molar-refractivity contribution in [1.82, 2.24) is 0 Å². The van der Waals surface area contributed by atoms with Gasteiger partial charge in [-0.15, -0.1) is 11.6 Å². The average molecular weight is 290 g/mol. The van der Waals surface area contributed by atoms with Crippen LogP contribution in [0, 0.1) is 0 Å². The zero-order valence-electron chi connectivity index (χ0n) is 8.51.